The molecule has 0 atom stereocenters. The first-order valence-corrected chi connectivity index (χ1v) is 5.54. The highest BCUT2D eigenvalue weighted by Crippen LogP contribution is 2.28. The average molecular weight is 254 g/mol. The average Bonchev–Trinajstić information content (AvgIpc) is 2.73. The van der Waals surface area contributed by atoms with Crippen molar-refractivity contribution in [3.63, 3.8) is 0 Å². The van der Waals surface area contributed by atoms with Gasteiger partial charge in [-0.1, -0.05) is 11.6 Å². The standard InChI is InChI=1S/C12H12ClNO3/c1-17-12(16)11(7-15)14-5-4-8-2-3-9(13)6-10(8)14/h4-7,15H,2-3H2,1H3/b11-7-. The lowest BCUT2D eigenvalue weighted by Crippen LogP contribution is -2.12. The number of methoxy groups -OCH3 is 1. The molecule has 1 aromatic heterocycles. The predicted octanol–water partition coefficient (Wildman–Crippen LogP) is 2.54. The summed E-state index contributed by atoms with van der Waals surface area (Å²) in [5, 5.41) is 9.87. The molecule has 0 unspecified atom stereocenters. The zero-order chi connectivity index (χ0) is 12.4. The number of carbonyl (C=O) groups is 1. The smallest absolute Gasteiger partial charge is 0.358 e. The zero-order valence-electron chi connectivity index (χ0n) is 9.31. The molecule has 1 aliphatic rings. The quantitative estimate of drug-likeness (QED) is 0.501. The van der Waals surface area contributed by atoms with Gasteiger partial charge in [0, 0.05) is 11.2 Å². The van der Waals surface area contributed by atoms with Crippen molar-refractivity contribution in [2.75, 3.05) is 7.11 Å². The van der Waals surface area contributed by atoms with E-state index in [-0.39, 0.29) is 5.70 Å². The number of hydrogen-bond donors (Lipinski definition) is 1. The number of ether oxygens (including phenoxy) is 1. The van der Waals surface area contributed by atoms with Gasteiger partial charge in [0.05, 0.1) is 12.8 Å². The van der Waals surface area contributed by atoms with Crippen molar-refractivity contribution in [2.45, 2.75) is 12.8 Å². The number of hydrogen-bond acceptors (Lipinski definition) is 3. The summed E-state index contributed by atoms with van der Waals surface area (Å²) in [7, 11) is 1.27. The van der Waals surface area contributed by atoms with Gasteiger partial charge in [0.1, 0.15) is 6.26 Å². The predicted molar refractivity (Wildman–Crippen MR) is 65.5 cm³/mol. The van der Waals surface area contributed by atoms with Crippen LogP contribution in [0.4, 0.5) is 0 Å². The van der Waals surface area contributed by atoms with Gasteiger partial charge >= 0.3 is 5.97 Å². The second kappa shape index (κ2) is 4.67. The SMILES string of the molecule is COC(=O)/C(=C/O)n1ccc2c1C=C(Cl)CC2. The van der Waals surface area contributed by atoms with E-state index in [1.54, 1.807) is 16.8 Å². The Labute approximate surface area is 104 Å². The lowest BCUT2D eigenvalue weighted by molar-refractivity contribution is -0.134. The van der Waals surface area contributed by atoms with Crippen LogP contribution in [0.15, 0.2) is 23.6 Å². The highest BCUT2D eigenvalue weighted by atomic mass is 35.5. The Kier molecular flexibility index (Phi) is 3.24. The second-order valence-corrected chi connectivity index (χ2v) is 4.18. The molecule has 0 amide bonds. The van der Waals surface area contributed by atoms with Gasteiger partial charge in [0.2, 0.25) is 0 Å². The Bertz CT molecular complexity index is 514. The molecule has 2 rings (SSSR count). The zero-order valence-corrected chi connectivity index (χ0v) is 10.1. The van der Waals surface area contributed by atoms with E-state index in [1.807, 2.05) is 6.07 Å². The number of carbonyl (C=O) groups excluding carboxylic acids is 1. The third-order valence-electron chi connectivity index (χ3n) is 2.72. The van der Waals surface area contributed by atoms with Crippen molar-refractivity contribution in [1.82, 2.24) is 4.57 Å². The van der Waals surface area contributed by atoms with Gasteiger partial charge in [-0.15, -0.1) is 0 Å². The van der Waals surface area contributed by atoms with E-state index < -0.39 is 5.97 Å². The Hall–Kier alpha value is -1.68. The number of aromatic nitrogens is 1. The van der Waals surface area contributed by atoms with E-state index >= 15 is 0 Å². The molecule has 5 heteroatoms. The molecule has 0 fully saturated rings. The maximum atomic E-state index is 11.5. The van der Waals surface area contributed by atoms with Crippen molar-refractivity contribution < 1.29 is 14.6 Å². The topological polar surface area (TPSA) is 51.5 Å². The van der Waals surface area contributed by atoms with Gasteiger partial charge in [-0.25, -0.2) is 4.79 Å². The van der Waals surface area contributed by atoms with E-state index in [0.717, 1.165) is 35.4 Å². The van der Waals surface area contributed by atoms with E-state index in [2.05, 4.69) is 4.74 Å². The van der Waals surface area contributed by atoms with Crippen LogP contribution in [0.2, 0.25) is 0 Å². The summed E-state index contributed by atoms with van der Waals surface area (Å²) in [4.78, 5) is 11.5. The van der Waals surface area contributed by atoms with Crippen LogP contribution in [0.5, 0.6) is 0 Å². The van der Waals surface area contributed by atoms with Crippen LogP contribution < -0.4 is 0 Å². The monoisotopic (exact) mass is 253 g/mol. The van der Waals surface area contributed by atoms with Crippen molar-refractivity contribution in [3.05, 3.63) is 34.8 Å². The summed E-state index contributed by atoms with van der Waals surface area (Å²) < 4.78 is 6.18. The summed E-state index contributed by atoms with van der Waals surface area (Å²) in [5.41, 5.74) is 1.97. The van der Waals surface area contributed by atoms with Gasteiger partial charge in [0.25, 0.3) is 0 Å². The molecule has 0 aromatic carbocycles. The molecule has 90 valence electrons. The van der Waals surface area contributed by atoms with E-state index in [0.29, 0.717) is 0 Å². The molecule has 0 radical (unpaired) electrons. The maximum absolute atomic E-state index is 11.5. The molecule has 4 nitrogen and oxygen atoms in total. The van der Waals surface area contributed by atoms with Gasteiger partial charge in [-0.05, 0) is 30.5 Å². The third kappa shape index (κ3) is 2.08. The summed E-state index contributed by atoms with van der Waals surface area (Å²) in [6.07, 6.45) is 5.89. The first kappa shape index (κ1) is 11.8. The minimum absolute atomic E-state index is 0.0661. The fourth-order valence-electron chi connectivity index (χ4n) is 1.86. The van der Waals surface area contributed by atoms with Crippen LogP contribution in [0.1, 0.15) is 17.7 Å². The number of rotatable bonds is 2. The molecular weight excluding hydrogens is 242 g/mol. The number of esters is 1. The summed E-state index contributed by atoms with van der Waals surface area (Å²) in [5.74, 6) is -0.596. The van der Waals surface area contributed by atoms with Crippen molar-refractivity contribution >= 4 is 29.3 Å². The lowest BCUT2D eigenvalue weighted by atomic mass is 10.0. The van der Waals surface area contributed by atoms with E-state index in [9.17, 15) is 4.79 Å². The summed E-state index contributed by atoms with van der Waals surface area (Å²) in [6.45, 7) is 0. The molecule has 17 heavy (non-hydrogen) atoms. The van der Waals surface area contributed by atoms with Crippen LogP contribution in [-0.2, 0) is 16.0 Å². The normalized spacial score (nSPS) is 15.2. The molecule has 0 spiro atoms. The van der Waals surface area contributed by atoms with E-state index in [1.165, 1.54) is 7.11 Å². The Morgan fingerprint density at radius 1 is 1.59 bits per heavy atom. The molecule has 1 N–H and O–H groups in total. The Morgan fingerprint density at radius 2 is 2.35 bits per heavy atom. The molecule has 0 saturated heterocycles. The fraction of sp³-hybridized carbons (Fsp3) is 0.250. The number of halogens is 1. The van der Waals surface area contributed by atoms with Gasteiger partial charge in [-0.2, -0.15) is 0 Å². The van der Waals surface area contributed by atoms with Gasteiger partial charge in [-0.3, -0.25) is 0 Å². The highest BCUT2D eigenvalue weighted by Gasteiger charge is 2.19. The van der Waals surface area contributed by atoms with E-state index in [4.69, 9.17) is 16.7 Å². The van der Waals surface area contributed by atoms with Crippen LogP contribution in [-0.4, -0.2) is 22.8 Å². The molecule has 1 aliphatic carbocycles. The van der Waals surface area contributed by atoms with Crippen molar-refractivity contribution in [3.8, 4) is 0 Å². The van der Waals surface area contributed by atoms with Crippen molar-refractivity contribution in [1.29, 1.82) is 0 Å². The minimum Gasteiger partial charge on any atom is -0.513 e. The number of nitrogens with zero attached hydrogens (tertiary/aromatic N) is 1. The number of aliphatic hydroxyl groups is 1. The summed E-state index contributed by atoms with van der Waals surface area (Å²) >= 11 is 5.98. The highest BCUT2D eigenvalue weighted by molar-refractivity contribution is 6.31. The molecule has 0 bridgehead atoms. The van der Waals surface area contributed by atoms with Gasteiger partial charge in [0.15, 0.2) is 5.70 Å². The summed E-state index contributed by atoms with van der Waals surface area (Å²) in [6, 6.07) is 1.90. The lowest BCUT2D eigenvalue weighted by Gasteiger charge is -2.13. The maximum Gasteiger partial charge on any atom is 0.358 e. The first-order valence-electron chi connectivity index (χ1n) is 5.16. The molecule has 0 aliphatic heterocycles. The fourth-order valence-corrected chi connectivity index (χ4v) is 2.06. The molecule has 0 saturated carbocycles. The second-order valence-electron chi connectivity index (χ2n) is 3.69. The van der Waals surface area contributed by atoms with Crippen LogP contribution in [0.25, 0.3) is 11.8 Å². The van der Waals surface area contributed by atoms with Gasteiger partial charge < -0.3 is 14.4 Å². The first-order chi connectivity index (χ1) is 8.17. The van der Waals surface area contributed by atoms with Crippen molar-refractivity contribution in [2.24, 2.45) is 0 Å². The number of fused-ring (bicyclic) bond motifs is 1. The number of aryl methyl sites for hydroxylation is 1. The number of aliphatic hydroxyl groups excluding tert-OH is 1. The van der Waals surface area contributed by atoms with Crippen LogP contribution in [0, 0.1) is 0 Å². The molecule has 1 heterocycles. The Morgan fingerprint density at radius 3 is 3.00 bits per heavy atom. The van der Waals surface area contributed by atoms with Crippen LogP contribution >= 0.6 is 11.6 Å². The van der Waals surface area contributed by atoms with Crippen LogP contribution in [0.3, 0.4) is 0 Å². The molecule has 1 aromatic rings. The minimum atomic E-state index is -0.596. The number of allylic oxidation sites excluding steroid dienone is 1. The third-order valence-corrected chi connectivity index (χ3v) is 3.01. The molecular formula is C12H12ClNO3. The largest absolute Gasteiger partial charge is 0.513 e. The Balaban J connectivity index is 2.48.